The monoisotopic (exact) mass is 246 g/mol. The van der Waals surface area contributed by atoms with Crippen molar-refractivity contribution in [3.63, 3.8) is 0 Å². The van der Waals surface area contributed by atoms with Gasteiger partial charge in [-0.25, -0.2) is 0 Å². The van der Waals surface area contributed by atoms with Gasteiger partial charge in [0.15, 0.2) is 0 Å². The van der Waals surface area contributed by atoms with Gasteiger partial charge in [0.1, 0.15) is 0 Å². The number of hydrogen-bond acceptors (Lipinski definition) is 2. The molecule has 0 bridgehead atoms. The molecule has 0 radical (unpaired) electrons. The molecule has 1 aromatic carbocycles. The SMILES string of the molecule is CC(CNC(C)(C)C)N1CCc2ccccc2C1. The lowest BCUT2D eigenvalue weighted by Gasteiger charge is -2.35. The summed E-state index contributed by atoms with van der Waals surface area (Å²) < 4.78 is 0. The van der Waals surface area contributed by atoms with E-state index in [1.54, 1.807) is 0 Å². The van der Waals surface area contributed by atoms with Crippen LogP contribution < -0.4 is 5.32 Å². The van der Waals surface area contributed by atoms with E-state index < -0.39 is 0 Å². The van der Waals surface area contributed by atoms with Gasteiger partial charge in [0.25, 0.3) is 0 Å². The molecule has 0 spiro atoms. The van der Waals surface area contributed by atoms with Gasteiger partial charge in [-0.1, -0.05) is 24.3 Å². The Morgan fingerprint density at radius 3 is 2.56 bits per heavy atom. The molecular formula is C16H26N2. The Morgan fingerprint density at radius 2 is 1.89 bits per heavy atom. The number of nitrogens with one attached hydrogen (secondary N) is 1. The molecule has 1 aliphatic heterocycles. The molecule has 18 heavy (non-hydrogen) atoms. The van der Waals surface area contributed by atoms with Gasteiger partial charge >= 0.3 is 0 Å². The topological polar surface area (TPSA) is 15.3 Å². The molecule has 1 unspecified atom stereocenters. The van der Waals surface area contributed by atoms with Crippen LogP contribution in [0.2, 0.25) is 0 Å². The van der Waals surface area contributed by atoms with Crippen LogP contribution >= 0.6 is 0 Å². The van der Waals surface area contributed by atoms with Gasteiger partial charge in [0.05, 0.1) is 0 Å². The number of hydrogen-bond donors (Lipinski definition) is 1. The fourth-order valence-electron chi connectivity index (χ4n) is 2.48. The van der Waals surface area contributed by atoms with Crippen LogP contribution in [0, 0.1) is 0 Å². The largest absolute Gasteiger partial charge is 0.311 e. The molecule has 100 valence electrons. The first-order valence-corrected chi connectivity index (χ1v) is 7.01. The van der Waals surface area contributed by atoms with Crippen LogP contribution in [0.15, 0.2) is 24.3 Å². The summed E-state index contributed by atoms with van der Waals surface area (Å²) in [6.07, 6.45) is 1.19. The third kappa shape index (κ3) is 3.56. The summed E-state index contributed by atoms with van der Waals surface area (Å²) >= 11 is 0. The van der Waals surface area contributed by atoms with E-state index in [0.29, 0.717) is 6.04 Å². The van der Waals surface area contributed by atoms with E-state index in [1.807, 2.05) is 0 Å². The Bertz CT molecular complexity index is 392. The minimum atomic E-state index is 0.210. The van der Waals surface area contributed by atoms with Gasteiger partial charge in [0.2, 0.25) is 0 Å². The molecule has 2 nitrogen and oxygen atoms in total. The van der Waals surface area contributed by atoms with Crippen molar-refractivity contribution < 1.29 is 0 Å². The first-order valence-electron chi connectivity index (χ1n) is 7.01. The van der Waals surface area contributed by atoms with Crippen LogP contribution in [-0.4, -0.2) is 29.6 Å². The number of nitrogens with zero attached hydrogens (tertiary/aromatic N) is 1. The van der Waals surface area contributed by atoms with Gasteiger partial charge in [-0.15, -0.1) is 0 Å². The molecule has 0 saturated carbocycles. The maximum atomic E-state index is 3.60. The van der Waals surface area contributed by atoms with Crippen molar-refractivity contribution in [1.82, 2.24) is 10.2 Å². The van der Waals surface area contributed by atoms with Crippen molar-refractivity contribution in [2.24, 2.45) is 0 Å². The number of fused-ring (bicyclic) bond motifs is 1. The van der Waals surface area contributed by atoms with Gasteiger partial charge in [-0.05, 0) is 45.2 Å². The third-order valence-electron chi connectivity index (χ3n) is 3.71. The van der Waals surface area contributed by atoms with Crippen LogP contribution in [-0.2, 0) is 13.0 Å². The molecule has 2 heteroatoms. The molecule has 0 aliphatic carbocycles. The summed E-state index contributed by atoms with van der Waals surface area (Å²) in [5.41, 5.74) is 3.25. The van der Waals surface area contributed by atoms with Crippen LogP contribution in [0.5, 0.6) is 0 Å². The van der Waals surface area contributed by atoms with Crippen LogP contribution in [0.1, 0.15) is 38.8 Å². The maximum absolute atomic E-state index is 3.60. The summed E-state index contributed by atoms with van der Waals surface area (Å²) in [6, 6.07) is 9.44. The molecule has 0 saturated heterocycles. The fraction of sp³-hybridized carbons (Fsp3) is 0.625. The fourth-order valence-corrected chi connectivity index (χ4v) is 2.48. The summed E-state index contributed by atoms with van der Waals surface area (Å²) in [4.78, 5) is 2.58. The van der Waals surface area contributed by atoms with Crippen molar-refractivity contribution in [2.75, 3.05) is 13.1 Å². The van der Waals surface area contributed by atoms with Gasteiger partial charge in [0, 0.05) is 31.2 Å². The molecule has 0 fully saturated rings. The third-order valence-corrected chi connectivity index (χ3v) is 3.71. The lowest BCUT2D eigenvalue weighted by atomic mass is 9.98. The number of benzene rings is 1. The summed E-state index contributed by atoms with van der Waals surface area (Å²) in [5.74, 6) is 0. The highest BCUT2D eigenvalue weighted by molar-refractivity contribution is 5.29. The lowest BCUT2D eigenvalue weighted by Crippen LogP contribution is -2.47. The summed E-state index contributed by atoms with van der Waals surface area (Å²) in [7, 11) is 0. The zero-order chi connectivity index (χ0) is 13.2. The zero-order valence-electron chi connectivity index (χ0n) is 12.2. The quantitative estimate of drug-likeness (QED) is 0.882. The molecule has 0 amide bonds. The lowest BCUT2D eigenvalue weighted by molar-refractivity contribution is 0.178. The van der Waals surface area contributed by atoms with E-state index in [4.69, 9.17) is 0 Å². The maximum Gasteiger partial charge on any atom is 0.0239 e. The average Bonchev–Trinajstić information content (AvgIpc) is 2.34. The minimum Gasteiger partial charge on any atom is -0.311 e. The Kier molecular flexibility index (Phi) is 4.08. The molecular weight excluding hydrogens is 220 g/mol. The smallest absolute Gasteiger partial charge is 0.0239 e. The van der Waals surface area contributed by atoms with Crippen molar-refractivity contribution in [3.8, 4) is 0 Å². The Balaban J connectivity index is 1.92. The van der Waals surface area contributed by atoms with E-state index >= 15 is 0 Å². The molecule has 0 aromatic heterocycles. The molecule has 2 rings (SSSR count). The normalized spacial score (nSPS) is 18.4. The van der Waals surface area contributed by atoms with E-state index in [-0.39, 0.29) is 5.54 Å². The summed E-state index contributed by atoms with van der Waals surface area (Å²) in [5, 5.41) is 3.60. The van der Waals surface area contributed by atoms with Crippen LogP contribution in [0.4, 0.5) is 0 Å². The standard InChI is InChI=1S/C16H26N2/c1-13(11-17-16(2,3)4)18-10-9-14-7-5-6-8-15(14)12-18/h5-8,13,17H,9-12H2,1-4H3. The minimum absolute atomic E-state index is 0.210. The van der Waals surface area contributed by atoms with Crippen molar-refractivity contribution in [3.05, 3.63) is 35.4 Å². The van der Waals surface area contributed by atoms with Gasteiger partial charge in [-0.2, -0.15) is 0 Å². The molecule has 1 atom stereocenters. The predicted molar refractivity (Wildman–Crippen MR) is 77.8 cm³/mol. The highest BCUT2D eigenvalue weighted by Gasteiger charge is 2.21. The molecule has 1 aromatic rings. The van der Waals surface area contributed by atoms with E-state index in [1.165, 1.54) is 24.1 Å². The predicted octanol–water partition coefficient (Wildman–Crippen LogP) is 2.82. The Morgan fingerprint density at radius 1 is 1.22 bits per heavy atom. The Labute approximate surface area is 111 Å². The summed E-state index contributed by atoms with van der Waals surface area (Å²) in [6.45, 7) is 12.4. The zero-order valence-corrected chi connectivity index (χ0v) is 12.2. The highest BCUT2D eigenvalue weighted by Crippen LogP contribution is 2.20. The van der Waals surface area contributed by atoms with E-state index in [9.17, 15) is 0 Å². The number of rotatable bonds is 3. The Hall–Kier alpha value is -0.860. The van der Waals surface area contributed by atoms with Crippen molar-refractivity contribution in [2.45, 2.75) is 52.2 Å². The van der Waals surface area contributed by atoms with Crippen molar-refractivity contribution in [1.29, 1.82) is 0 Å². The van der Waals surface area contributed by atoms with Crippen LogP contribution in [0.25, 0.3) is 0 Å². The first-order chi connectivity index (χ1) is 8.46. The second-order valence-electron chi connectivity index (χ2n) is 6.47. The second kappa shape index (κ2) is 5.41. The molecule has 1 N–H and O–H groups in total. The van der Waals surface area contributed by atoms with Crippen molar-refractivity contribution >= 4 is 0 Å². The molecule has 1 aliphatic rings. The first kappa shape index (κ1) is 13.6. The van der Waals surface area contributed by atoms with Gasteiger partial charge < -0.3 is 5.32 Å². The van der Waals surface area contributed by atoms with E-state index in [0.717, 1.165) is 13.1 Å². The van der Waals surface area contributed by atoms with Gasteiger partial charge in [-0.3, -0.25) is 4.90 Å². The molecule has 1 heterocycles. The second-order valence-corrected chi connectivity index (χ2v) is 6.47. The van der Waals surface area contributed by atoms with Crippen LogP contribution in [0.3, 0.4) is 0 Å². The van der Waals surface area contributed by atoms with E-state index in [2.05, 4.69) is 62.2 Å². The average molecular weight is 246 g/mol. The highest BCUT2D eigenvalue weighted by atomic mass is 15.2.